The largest absolute Gasteiger partial charge is 0.328 e. The second-order valence-corrected chi connectivity index (χ2v) is 3.75. The Balaban J connectivity index is 2.33. The van der Waals surface area contributed by atoms with Crippen LogP contribution in [0.2, 0.25) is 0 Å². The Morgan fingerprint density at radius 3 is 2.67 bits per heavy atom. The summed E-state index contributed by atoms with van der Waals surface area (Å²) in [6.07, 6.45) is 2.65. The van der Waals surface area contributed by atoms with Crippen molar-refractivity contribution in [1.29, 1.82) is 0 Å². The van der Waals surface area contributed by atoms with Crippen LogP contribution in [0.1, 0.15) is 12.6 Å². The molecule has 0 saturated heterocycles. The number of hydrogen-bond donors (Lipinski definition) is 1. The fraction of sp³-hybridized carbons (Fsp3) is 0.250. The topological polar surface area (TPSA) is 43.8 Å². The molecule has 1 atom stereocenters. The van der Waals surface area contributed by atoms with Gasteiger partial charge in [-0.15, -0.1) is 0 Å². The molecule has 1 heterocycles. The quantitative estimate of drug-likeness (QED) is 0.822. The van der Waals surface area contributed by atoms with Crippen LogP contribution >= 0.6 is 0 Å². The van der Waals surface area contributed by atoms with Crippen LogP contribution in [0.4, 0.5) is 0 Å². The van der Waals surface area contributed by atoms with Crippen molar-refractivity contribution in [3.05, 3.63) is 48.3 Å². The van der Waals surface area contributed by atoms with Crippen LogP contribution in [0.15, 0.2) is 42.6 Å². The van der Waals surface area contributed by atoms with E-state index >= 15 is 0 Å². The van der Waals surface area contributed by atoms with Crippen molar-refractivity contribution in [2.75, 3.05) is 0 Å². The second kappa shape index (κ2) is 4.28. The molecule has 0 amide bonds. The molecule has 0 radical (unpaired) electrons. The molecule has 2 rings (SSSR count). The molecular formula is C12H15N3. The summed E-state index contributed by atoms with van der Waals surface area (Å²) in [6, 6.07) is 12.3. The van der Waals surface area contributed by atoms with Gasteiger partial charge in [-0.3, -0.25) is 0 Å². The van der Waals surface area contributed by atoms with Gasteiger partial charge in [-0.1, -0.05) is 18.2 Å². The molecular weight excluding hydrogens is 186 g/mol. The lowest BCUT2D eigenvalue weighted by molar-refractivity contribution is 0.688. The smallest absolute Gasteiger partial charge is 0.0648 e. The van der Waals surface area contributed by atoms with Gasteiger partial charge in [-0.2, -0.15) is 5.10 Å². The molecule has 0 aliphatic carbocycles. The fourth-order valence-corrected chi connectivity index (χ4v) is 1.62. The van der Waals surface area contributed by atoms with Gasteiger partial charge in [0.25, 0.3) is 0 Å². The van der Waals surface area contributed by atoms with Crippen LogP contribution in [0.3, 0.4) is 0 Å². The first-order valence-electron chi connectivity index (χ1n) is 5.11. The molecule has 3 nitrogen and oxygen atoms in total. The van der Waals surface area contributed by atoms with E-state index in [1.54, 1.807) is 0 Å². The van der Waals surface area contributed by atoms with Crippen molar-refractivity contribution >= 4 is 0 Å². The Morgan fingerprint density at radius 2 is 2.00 bits per heavy atom. The minimum Gasteiger partial charge on any atom is -0.328 e. The van der Waals surface area contributed by atoms with E-state index in [1.807, 2.05) is 54.2 Å². The third-order valence-corrected chi connectivity index (χ3v) is 2.25. The van der Waals surface area contributed by atoms with Crippen LogP contribution in [0, 0.1) is 0 Å². The lowest BCUT2D eigenvalue weighted by Crippen LogP contribution is -2.19. The molecule has 0 aliphatic heterocycles. The first-order valence-corrected chi connectivity index (χ1v) is 5.11. The van der Waals surface area contributed by atoms with Crippen molar-refractivity contribution in [3.63, 3.8) is 0 Å². The maximum Gasteiger partial charge on any atom is 0.0648 e. The highest BCUT2D eigenvalue weighted by Gasteiger charge is 2.05. The molecule has 1 unspecified atom stereocenters. The van der Waals surface area contributed by atoms with E-state index in [1.165, 1.54) is 0 Å². The molecule has 0 saturated carbocycles. The average Bonchev–Trinajstić information content (AvgIpc) is 2.66. The third-order valence-electron chi connectivity index (χ3n) is 2.25. The lowest BCUT2D eigenvalue weighted by atomic mass is 10.2. The van der Waals surface area contributed by atoms with Gasteiger partial charge in [0.2, 0.25) is 0 Å². The van der Waals surface area contributed by atoms with Gasteiger partial charge in [0, 0.05) is 24.4 Å². The molecule has 0 fully saturated rings. The molecule has 15 heavy (non-hydrogen) atoms. The third kappa shape index (κ3) is 2.25. The van der Waals surface area contributed by atoms with Crippen molar-refractivity contribution < 1.29 is 0 Å². The lowest BCUT2D eigenvalue weighted by Gasteiger charge is -2.08. The minimum atomic E-state index is 0.157. The van der Waals surface area contributed by atoms with E-state index in [4.69, 9.17) is 5.73 Å². The summed E-state index contributed by atoms with van der Waals surface area (Å²) in [7, 11) is 0. The van der Waals surface area contributed by atoms with Crippen molar-refractivity contribution in [2.24, 2.45) is 5.73 Å². The molecule has 0 spiro atoms. The number of hydrogen-bond acceptors (Lipinski definition) is 2. The zero-order valence-electron chi connectivity index (χ0n) is 8.80. The Kier molecular flexibility index (Phi) is 2.83. The van der Waals surface area contributed by atoms with E-state index in [-0.39, 0.29) is 6.04 Å². The summed E-state index contributed by atoms with van der Waals surface area (Å²) in [4.78, 5) is 0. The van der Waals surface area contributed by atoms with Crippen LogP contribution in [-0.4, -0.2) is 15.8 Å². The maximum absolute atomic E-state index is 5.79. The van der Waals surface area contributed by atoms with Crippen molar-refractivity contribution in [3.8, 4) is 5.69 Å². The zero-order valence-corrected chi connectivity index (χ0v) is 8.80. The highest BCUT2D eigenvalue weighted by atomic mass is 15.3. The van der Waals surface area contributed by atoms with Gasteiger partial charge in [-0.25, -0.2) is 4.68 Å². The van der Waals surface area contributed by atoms with Crippen LogP contribution in [-0.2, 0) is 6.42 Å². The highest BCUT2D eigenvalue weighted by molar-refractivity contribution is 5.32. The van der Waals surface area contributed by atoms with Crippen molar-refractivity contribution in [1.82, 2.24) is 9.78 Å². The molecule has 3 heteroatoms. The van der Waals surface area contributed by atoms with E-state index in [0.717, 1.165) is 17.8 Å². The van der Waals surface area contributed by atoms with Gasteiger partial charge < -0.3 is 5.73 Å². The first-order chi connectivity index (χ1) is 7.27. The molecule has 0 aliphatic rings. The molecule has 1 aromatic carbocycles. The number of benzene rings is 1. The minimum absolute atomic E-state index is 0.157. The number of rotatable bonds is 3. The standard InChI is InChI=1S/C12H15N3/c1-10(13)9-12-7-8-14-15(12)11-5-3-2-4-6-11/h2-8,10H,9,13H2,1H3. The Hall–Kier alpha value is -1.61. The van der Waals surface area contributed by atoms with Crippen LogP contribution in [0.25, 0.3) is 5.69 Å². The zero-order chi connectivity index (χ0) is 10.7. The molecule has 1 aromatic heterocycles. The van der Waals surface area contributed by atoms with Gasteiger partial charge in [0.15, 0.2) is 0 Å². The van der Waals surface area contributed by atoms with Gasteiger partial charge in [-0.05, 0) is 25.1 Å². The van der Waals surface area contributed by atoms with Gasteiger partial charge >= 0.3 is 0 Å². The van der Waals surface area contributed by atoms with E-state index in [2.05, 4.69) is 5.10 Å². The normalized spacial score (nSPS) is 12.7. The Morgan fingerprint density at radius 1 is 1.27 bits per heavy atom. The summed E-state index contributed by atoms with van der Waals surface area (Å²) in [5.41, 5.74) is 8.02. The highest BCUT2D eigenvalue weighted by Crippen LogP contribution is 2.10. The summed E-state index contributed by atoms with van der Waals surface area (Å²) in [5.74, 6) is 0. The maximum atomic E-state index is 5.79. The van der Waals surface area contributed by atoms with E-state index < -0.39 is 0 Å². The molecule has 2 N–H and O–H groups in total. The summed E-state index contributed by atoms with van der Waals surface area (Å²) in [6.45, 7) is 2.00. The predicted molar refractivity (Wildman–Crippen MR) is 60.9 cm³/mol. The Bertz CT molecular complexity index is 417. The van der Waals surface area contributed by atoms with Gasteiger partial charge in [0.05, 0.1) is 5.69 Å². The second-order valence-electron chi connectivity index (χ2n) is 3.75. The molecule has 2 aromatic rings. The average molecular weight is 201 g/mol. The number of para-hydroxylation sites is 1. The van der Waals surface area contributed by atoms with Gasteiger partial charge in [0.1, 0.15) is 0 Å². The van der Waals surface area contributed by atoms with E-state index in [0.29, 0.717) is 0 Å². The first kappa shape index (κ1) is 9.93. The van der Waals surface area contributed by atoms with Crippen molar-refractivity contribution in [2.45, 2.75) is 19.4 Å². The predicted octanol–water partition coefficient (Wildman–Crippen LogP) is 1.76. The van der Waals surface area contributed by atoms with Crippen LogP contribution in [0.5, 0.6) is 0 Å². The van der Waals surface area contributed by atoms with Crippen LogP contribution < -0.4 is 5.73 Å². The van der Waals surface area contributed by atoms with E-state index in [9.17, 15) is 0 Å². The summed E-state index contributed by atoms with van der Waals surface area (Å²) >= 11 is 0. The summed E-state index contributed by atoms with van der Waals surface area (Å²) in [5, 5.41) is 4.30. The molecule has 0 bridgehead atoms. The monoisotopic (exact) mass is 201 g/mol. The number of nitrogens with zero attached hydrogens (tertiary/aromatic N) is 2. The number of aromatic nitrogens is 2. The molecule has 78 valence electrons. The number of nitrogens with two attached hydrogens (primary N) is 1. The fourth-order valence-electron chi connectivity index (χ4n) is 1.62. The SMILES string of the molecule is CC(N)Cc1ccnn1-c1ccccc1. The summed E-state index contributed by atoms with van der Waals surface area (Å²) < 4.78 is 1.93. The Labute approximate surface area is 89.5 Å².